The van der Waals surface area contributed by atoms with Crippen LogP contribution < -0.4 is 16.4 Å². The van der Waals surface area contributed by atoms with Crippen molar-refractivity contribution >= 4 is 22.6 Å². The average Bonchev–Trinajstić information content (AvgIpc) is 2.68. The zero-order valence-corrected chi connectivity index (χ0v) is 15.0. The summed E-state index contributed by atoms with van der Waals surface area (Å²) in [6.07, 6.45) is 0.996. The lowest BCUT2D eigenvalue weighted by molar-refractivity contribution is -0.385. The first-order chi connectivity index (χ1) is 13.8. The maximum atomic E-state index is 12.5. The van der Waals surface area contributed by atoms with Crippen LogP contribution in [0.4, 0.5) is 5.69 Å². The van der Waals surface area contributed by atoms with Crippen LogP contribution in [0.25, 0.3) is 11.0 Å². The van der Waals surface area contributed by atoms with Gasteiger partial charge in [0.05, 0.1) is 21.5 Å². The van der Waals surface area contributed by atoms with Gasteiger partial charge in [0.2, 0.25) is 0 Å². The second-order valence-electron chi connectivity index (χ2n) is 6.87. The Bertz CT molecular complexity index is 1280. The summed E-state index contributed by atoms with van der Waals surface area (Å²) in [5.41, 5.74) is -0.305. The van der Waals surface area contributed by atoms with Crippen LogP contribution in [0.15, 0.2) is 39.9 Å². The summed E-state index contributed by atoms with van der Waals surface area (Å²) in [6, 6.07) is 7.00. The molecule has 29 heavy (non-hydrogen) atoms. The Balaban J connectivity index is 1.74. The molecule has 0 fully saturated rings. The Morgan fingerprint density at radius 2 is 1.90 bits per heavy atom. The highest BCUT2D eigenvalue weighted by Gasteiger charge is 2.29. The van der Waals surface area contributed by atoms with E-state index in [1.54, 1.807) is 12.1 Å². The highest BCUT2D eigenvalue weighted by molar-refractivity contribution is 5.97. The number of phenols is 1. The number of phenolic OH excluding ortho intramolecular Hbond substituents is 1. The molecule has 0 spiro atoms. The summed E-state index contributed by atoms with van der Waals surface area (Å²) in [4.78, 5) is 51.7. The number of hydrogen-bond acceptors (Lipinski definition) is 6. The summed E-state index contributed by atoms with van der Waals surface area (Å²) in [5, 5.41) is 24.2. The van der Waals surface area contributed by atoms with E-state index >= 15 is 0 Å². The number of para-hydroxylation sites is 1. The SMILES string of the molecule is O=C(NC1CCc2c([N+](=O)[O-])cc3[nH]c(=O)c(=O)[nH]c3c2C1)c1ccccc1O. The van der Waals surface area contributed by atoms with Crippen molar-refractivity contribution in [3.05, 3.63) is 77.8 Å². The normalized spacial score (nSPS) is 15.7. The van der Waals surface area contributed by atoms with E-state index in [-0.39, 0.29) is 35.0 Å². The summed E-state index contributed by atoms with van der Waals surface area (Å²) in [5.74, 6) is -0.614. The molecule has 0 saturated heterocycles. The molecule has 1 unspecified atom stereocenters. The van der Waals surface area contributed by atoms with Crippen LogP contribution in [-0.4, -0.2) is 31.9 Å². The molecule has 1 atom stereocenters. The van der Waals surface area contributed by atoms with Gasteiger partial charge in [0, 0.05) is 17.7 Å². The lowest BCUT2D eigenvalue weighted by Crippen LogP contribution is -2.39. The summed E-state index contributed by atoms with van der Waals surface area (Å²) in [6.45, 7) is 0. The molecule has 1 aliphatic carbocycles. The predicted molar refractivity (Wildman–Crippen MR) is 103 cm³/mol. The van der Waals surface area contributed by atoms with Gasteiger partial charge in [-0.25, -0.2) is 0 Å². The quantitative estimate of drug-likeness (QED) is 0.295. The number of carbonyl (C=O) groups excluding carboxylic acids is 1. The summed E-state index contributed by atoms with van der Waals surface area (Å²) < 4.78 is 0. The van der Waals surface area contributed by atoms with Crippen LogP contribution in [0.2, 0.25) is 0 Å². The Labute approximate surface area is 162 Å². The standard InChI is InChI=1S/C19H16N4O6/c24-15-4-2-1-3-11(15)17(25)20-9-5-6-10-12(7-9)16-13(8-14(10)23(28)29)21-18(26)19(27)22-16/h1-4,8-9,24H,5-7H2,(H,20,25)(H,21,26)(H,22,27). The zero-order valence-electron chi connectivity index (χ0n) is 15.0. The third-order valence-corrected chi connectivity index (χ3v) is 5.09. The van der Waals surface area contributed by atoms with E-state index in [0.717, 1.165) is 0 Å². The van der Waals surface area contributed by atoms with E-state index in [2.05, 4.69) is 15.3 Å². The summed E-state index contributed by atoms with van der Waals surface area (Å²) >= 11 is 0. The number of nitro groups is 1. The highest BCUT2D eigenvalue weighted by Crippen LogP contribution is 2.34. The molecule has 3 aromatic rings. The number of rotatable bonds is 3. The Kier molecular flexibility index (Phi) is 4.38. The molecular formula is C19H16N4O6. The van der Waals surface area contributed by atoms with Gasteiger partial charge < -0.3 is 20.4 Å². The number of hydrogen-bond donors (Lipinski definition) is 4. The number of amides is 1. The average molecular weight is 396 g/mol. The Morgan fingerprint density at radius 1 is 1.17 bits per heavy atom. The molecule has 10 heteroatoms. The highest BCUT2D eigenvalue weighted by atomic mass is 16.6. The molecule has 0 radical (unpaired) electrons. The number of aromatic amines is 2. The van der Waals surface area contributed by atoms with Gasteiger partial charge >= 0.3 is 11.1 Å². The van der Waals surface area contributed by atoms with Crippen molar-refractivity contribution in [2.45, 2.75) is 25.3 Å². The fraction of sp³-hybridized carbons (Fsp3) is 0.211. The van der Waals surface area contributed by atoms with E-state index in [1.165, 1.54) is 18.2 Å². The molecule has 1 aliphatic rings. The lowest BCUT2D eigenvalue weighted by Gasteiger charge is -2.26. The molecule has 1 heterocycles. The van der Waals surface area contributed by atoms with Crippen molar-refractivity contribution in [2.24, 2.45) is 0 Å². The van der Waals surface area contributed by atoms with Gasteiger partial charge in [0.15, 0.2) is 0 Å². The molecule has 4 rings (SSSR count). The van der Waals surface area contributed by atoms with E-state index in [0.29, 0.717) is 29.5 Å². The van der Waals surface area contributed by atoms with Gasteiger partial charge in [-0.15, -0.1) is 0 Å². The van der Waals surface area contributed by atoms with E-state index < -0.39 is 21.9 Å². The number of nitro benzene ring substituents is 1. The number of H-pyrrole nitrogens is 2. The first-order valence-corrected chi connectivity index (χ1v) is 8.89. The lowest BCUT2D eigenvalue weighted by atomic mass is 9.86. The van der Waals surface area contributed by atoms with Crippen molar-refractivity contribution in [2.75, 3.05) is 0 Å². The third-order valence-electron chi connectivity index (χ3n) is 5.09. The minimum absolute atomic E-state index is 0.125. The minimum atomic E-state index is -0.896. The van der Waals surface area contributed by atoms with Gasteiger partial charge in [0.1, 0.15) is 5.75 Å². The number of nitrogens with one attached hydrogen (secondary N) is 3. The van der Waals surface area contributed by atoms with Crippen molar-refractivity contribution in [1.29, 1.82) is 0 Å². The third kappa shape index (κ3) is 3.24. The van der Waals surface area contributed by atoms with Crippen LogP contribution in [0.1, 0.15) is 27.9 Å². The molecule has 0 aliphatic heterocycles. The van der Waals surface area contributed by atoms with E-state index in [9.17, 15) is 29.6 Å². The Hall–Kier alpha value is -3.95. The minimum Gasteiger partial charge on any atom is -0.507 e. The van der Waals surface area contributed by atoms with Crippen molar-refractivity contribution in [3.63, 3.8) is 0 Å². The number of carbonyl (C=O) groups is 1. The summed E-state index contributed by atoms with van der Waals surface area (Å²) in [7, 11) is 0. The van der Waals surface area contributed by atoms with Crippen molar-refractivity contribution in [1.82, 2.24) is 15.3 Å². The van der Waals surface area contributed by atoms with Gasteiger partial charge in [-0.2, -0.15) is 0 Å². The van der Waals surface area contributed by atoms with Crippen LogP contribution in [-0.2, 0) is 12.8 Å². The van der Waals surface area contributed by atoms with Gasteiger partial charge in [-0.3, -0.25) is 24.5 Å². The second kappa shape index (κ2) is 6.89. The van der Waals surface area contributed by atoms with E-state index in [4.69, 9.17) is 0 Å². The van der Waals surface area contributed by atoms with E-state index in [1.807, 2.05) is 0 Å². The smallest absolute Gasteiger partial charge is 0.314 e. The van der Waals surface area contributed by atoms with Gasteiger partial charge in [-0.1, -0.05) is 12.1 Å². The topological polar surface area (TPSA) is 158 Å². The number of benzene rings is 2. The molecule has 2 aromatic carbocycles. The van der Waals surface area contributed by atoms with Crippen LogP contribution in [0.5, 0.6) is 5.75 Å². The van der Waals surface area contributed by atoms with Crippen LogP contribution in [0.3, 0.4) is 0 Å². The predicted octanol–water partition coefficient (Wildman–Crippen LogP) is 1.12. The first-order valence-electron chi connectivity index (χ1n) is 8.89. The fourth-order valence-corrected chi connectivity index (χ4v) is 3.74. The molecule has 0 saturated carbocycles. The molecule has 4 N–H and O–H groups in total. The van der Waals surface area contributed by atoms with Crippen molar-refractivity contribution < 1.29 is 14.8 Å². The van der Waals surface area contributed by atoms with Gasteiger partial charge in [-0.05, 0) is 37.0 Å². The fourth-order valence-electron chi connectivity index (χ4n) is 3.74. The van der Waals surface area contributed by atoms with Crippen LogP contribution >= 0.6 is 0 Å². The second-order valence-corrected chi connectivity index (χ2v) is 6.87. The molecular weight excluding hydrogens is 380 g/mol. The molecule has 1 aromatic heterocycles. The monoisotopic (exact) mass is 396 g/mol. The number of aromatic hydroxyl groups is 1. The number of fused-ring (bicyclic) bond motifs is 3. The maximum absolute atomic E-state index is 12.5. The first kappa shape index (κ1) is 18.4. The molecule has 148 valence electrons. The van der Waals surface area contributed by atoms with Crippen molar-refractivity contribution in [3.8, 4) is 5.75 Å². The number of nitrogens with zero attached hydrogens (tertiary/aromatic N) is 1. The number of aromatic nitrogens is 2. The van der Waals surface area contributed by atoms with Gasteiger partial charge in [0.25, 0.3) is 11.6 Å². The largest absolute Gasteiger partial charge is 0.507 e. The van der Waals surface area contributed by atoms with Crippen LogP contribution in [0, 0.1) is 10.1 Å². The maximum Gasteiger partial charge on any atom is 0.314 e. The zero-order chi connectivity index (χ0) is 20.7. The Morgan fingerprint density at radius 3 is 2.62 bits per heavy atom. The molecule has 1 amide bonds. The molecule has 0 bridgehead atoms. The molecule has 10 nitrogen and oxygen atoms in total.